The van der Waals surface area contributed by atoms with Crippen molar-refractivity contribution in [2.24, 2.45) is 10.7 Å². The number of pyridine rings is 1. The average molecular weight is 362 g/mol. The number of rotatable bonds is 3. The number of aliphatic imine (C=N–C) groups is 1. The largest absolute Gasteiger partial charge is 0.386 e. The van der Waals surface area contributed by atoms with Crippen LogP contribution < -0.4 is 5.73 Å². The van der Waals surface area contributed by atoms with Crippen LogP contribution in [0.1, 0.15) is 49.2 Å². The summed E-state index contributed by atoms with van der Waals surface area (Å²) in [5, 5.41) is 0. The highest BCUT2D eigenvalue weighted by Gasteiger charge is 2.33. The summed E-state index contributed by atoms with van der Waals surface area (Å²) in [7, 11) is 0. The summed E-state index contributed by atoms with van der Waals surface area (Å²) in [6, 6.07) is 5.49. The molecular formula is C18H20FN3S2. The first kappa shape index (κ1) is 16.1. The zero-order valence-corrected chi connectivity index (χ0v) is 15.4. The second kappa shape index (κ2) is 5.85. The van der Waals surface area contributed by atoms with Gasteiger partial charge in [0.25, 0.3) is 0 Å². The highest BCUT2D eigenvalue weighted by molar-refractivity contribution is 8.01. The molecule has 0 spiro atoms. The number of hydrogen-bond donors (Lipinski definition) is 1. The number of nitrogens with zero attached hydrogens (tertiary/aromatic N) is 2. The molecule has 3 heterocycles. The SMILES string of the molecule is CC1(C)SCC(c2sc(-c3ccnc(C4CC4)c3)cc2F)N=C1N. The lowest BCUT2D eigenvalue weighted by atomic mass is 10.1. The van der Waals surface area contributed by atoms with Gasteiger partial charge < -0.3 is 5.73 Å². The molecule has 0 bridgehead atoms. The van der Waals surface area contributed by atoms with Crippen molar-refractivity contribution in [1.29, 1.82) is 0 Å². The fourth-order valence-corrected chi connectivity index (χ4v) is 5.01. The Morgan fingerprint density at radius 1 is 1.29 bits per heavy atom. The van der Waals surface area contributed by atoms with E-state index in [9.17, 15) is 4.39 Å². The summed E-state index contributed by atoms with van der Waals surface area (Å²) in [6.45, 7) is 4.11. The zero-order chi connectivity index (χ0) is 16.9. The van der Waals surface area contributed by atoms with Crippen LogP contribution in [0.3, 0.4) is 0 Å². The molecule has 2 aliphatic rings. The molecule has 2 aromatic rings. The molecule has 1 aliphatic carbocycles. The number of hydrogen-bond acceptors (Lipinski definition) is 5. The van der Waals surface area contributed by atoms with E-state index in [0.717, 1.165) is 21.9 Å². The second-order valence-electron chi connectivity index (χ2n) is 6.92. The third-order valence-corrected chi connectivity index (χ3v) is 7.26. The van der Waals surface area contributed by atoms with Gasteiger partial charge in [0.2, 0.25) is 0 Å². The Balaban J connectivity index is 1.66. The van der Waals surface area contributed by atoms with E-state index in [1.54, 1.807) is 17.8 Å². The van der Waals surface area contributed by atoms with Crippen LogP contribution in [0.4, 0.5) is 4.39 Å². The van der Waals surface area contributed by atoms with Crippen LogP contribution in [0.5, 0.6) is 0 Å². The molecule has 0 aromatic carbocycles. The number of halogens is 1. The van der Waals surface area contributed by atoms with E-state index in [1.165, 1.54) is 24.2 Å². The van der Waals surface area contributed by atoms with E-state index in [0.29, 0.717) is 16.6 Å². The van der Waals surface area contributed by atoms with Crippen LogP contribution in [-0.4, -0.2) is 21.3 Å². The molecule has 24 heavy (non-hydrogen) atoms. The number of thiophene rings is 1. The van der Waals surface area contributed by atoms with Gasteiger partial charge in [-0.25, -0.2) is 4.39 Å². The van der Waals surface area contributed by atoms with Crippen LogP contribution in [-0.2, 0) is 0 Å². The molecular weight excluding hydrogens is 341 g/mol. The van der Waals surface area contributed by atoms with Gasteiger partial charge in [0.15, 0.2) is 0 Å². The number of thioether (sulfide) groups is 1. The third kappa shape index (κ3) is 2.97. The first-order chi connectivity index (χ1) is 11.4. The predicted molar refractivity (Wildman–Crippen MR) is 100 cm³/mol. The van der Waals surface area contributed by atoms with Crippen LogP contribution in [0.2, 0.25) is 0 Å². The van der Waals surface area contributed by atoms with Gasteiger partial charge in [-0.2, -0.15) is 0 Å². The summed E-state index contributed by atoms with van der Waals surface area (Å²) < 4.78 is 14.4. The molecule has 126 valence electrons. The fourth-order valence-electron chi connectivity index (χ4n) is 2.81. The molecule has 4 rings (SSSR count). The molecule has 6 heteroatoms. The van der Waals surface area contributed by atoms with Gasteiger partial charge in [-0.1, -0.05) is 0 Å². The Morgan fingerprint density at radius 3 is 2.79 bits per heavy atom. The standard InChI is InChI=1S/C18H20FN3S2/c1-18(2)17(20)22-14(9-23-18)16-12(19)8-15(24-16)11-5-6-21-13(7-11)10-3-4-10/h5-8,10,14H,3-4,9H2,1-2H3,(H2,20,22). The van der Waals surface area contributed by atoms with Crippen molar-refractivity contribution in [1.82, 2.24) is 4.98 Å². The first-order valence-corrected chi connectivity index (χ1v) is 9.97. The molecule has 2 N–H and O–H groups in total. The highest BCUT2D eigenvalue weighted by atomic mass is 32.2. The van der Waals surface area contributed by atoms with E-state index < -0.39 is 0 Å². The normalized spacial score (nSPS) is 23.1. The Hall–Kier alpha value is -1.40. The Bertz CT molecular complexity index is 808. The number of amidine groups is 1. The minimum atomic E-state index is -0.188. The van der Waals surface area contributed by atoms with Gasteiger partial charge in [0.05, 0.1) is 15.7 Å². The van der Waals surface area contributed by atoms with E-state index in [4.69, 9.17) is 5.73 Å². The van der Waals surface area contributed by atoms with Gasteiger partial charge in [-0.05, 0) is 50.5 Å². The molecule has 3 nitrogen and oxygen atoms in total. The van der Waals surface area contributed by atoms with Crippen LogP contribution in [0.15, 0.2) is 29.4 Å². The number of nitrogens with two attached hydrogens (primary N) is 1. The highest BCUT2D eigenvalue weighted by Crippen LogP contribution is 2.43. The van der Waals surface area contributed by atoms with E-state index >= 15 is 0 Å². The zero-order valence-electron chi connectivity index (χ0n) is 13.8. The van der Waals surface area contributed by atoms with Crippen LogP contribution in [0.25, 0.3) is 10.4 Å². The van der Waals surface area contributed by atoms with Crippen LogP contribution >= 0.6 is 23.1 Å². The lowest BCUT2D eigenvalue weighted by Gasteiger charge is -2.30. The summed E-state index contributed by atoms with van der Waals surface area (Å²) in [6.07, 6.45) is 4.25. The maximum atomic E-state index is 14.5. The maximum Gasteiger partial charge on any atom is 0.139 e. The van der Waals surface area contributed by atoms with Crippen molar-refractivity contribution in [3.8, 4) is 10.4 Å². The molecule has 0 radical (unpaired) electrons. The van der Waals surface area contributed by atoms with Gasteiger partial charge in [0.1, 0.15) is 11.7 Å². The molecule has 1 atom stereocenters. The molecule has 1 fully saturated rings. The Kier molecular flexibility index (Phi) is 3.92. The van der Waals surface area contributed by atoms with Crippen molar-refractivity contribution in [2.75, 3.05) is 5.75 Å². The minimum absolute atomic E-state index is 0.169. The van der Waals surface area contributed by atoms with Crippen molar-refractivity contribution < 1.29 is 4.39 Å². The molecule has 1 unspecified atom stereocenters. The smallest absolute Gasteiger partial charge is 0.139 e. The molecule has 0 saturated heterocycles. The Labute approximate surface area is 149 Å². The van der Waals surface area contributed by atoms with Gasteiger partial charge in [-0.15, -0.1) is 23.1 Å². The predicted octanol–water partition coefficient (Wildman–Crippen LogP) is 4.75. The van der Waals surface area contributed by atoms with Crippen molar-refractivity contribution in [3.05, 3.63) is 40.8 Å². The minimum Gasteiger partial charge on any atom is -0.386 e. The topological polar surface area (TPSA) is 51.3 Å². The molecule has 1 saturated carbocycles. The summed E-state index contributed by atoms with van der Waals surface area (Å²) >= 11 is 3.22. The molecule has 0 amide bonds. The van der Waals surface area contributed by atoms with Crippen molar-refractivity contribution >= 4 is 28.9 Å². The van der Waals surface area contributed by atoms with Crippen molar-refractivity contribution in [3.63, 3.8) is 0 Å². The lowest BCUT2D eigenvalue weighted by Crippen LogP contribution is -2.39. The van der Waals surface area contributed by atoms with Crippen LogP contribution in [0, 0.1) is 5.82 Å². The van der Waals surface area contributed by atoms with E-state index in [2.05, 4.69) is 29.9 Å². The monoisotopic (exact) mass is 361 g/mol. The molecule has 2 aromatic heterocycles. The molecule has 1 aliphatic heterocycles. The van der Waals surface area contributed by atoms with Gasteiger partial charge in [-0.3, -0.25) is 9.98 Å². The quantitative estimate of drug-likeness (QED) is 0.858. The third-order valence-electron chi connectivity index (χ3n) is 4.59. The average Bonchev–Trinajstić information content (AvgIpc) is 3.33. The first-order valence-electron chi connectivity index (χ1n) is 8.17. The van der Waals surface area contributed by atoms with Gasteiger partial charge >= 0.3 is 0 Å². The van der Waals surface area contributed by atoms with Crippen molar-refractivity contribution in [2.45, 2.75) is 43.4 Å². The summed E-state index contributed by atoms with van der Waals surface area (Å²) in [4.78, 5) is 10.6. The summed E-state index contributed by atoms with van der Waals surface area (Å²) in [5.41, 5.74) is 8.24. The fraction of sp³-hybridized carbons (Fsp3) is 0.444. The summed E-state index contributed by atoms with van der Waals surface area (Å²) in [5.74, 6) is 1.77. The Morgan fingerprint density at radius 2 is 2.08 bits per heavy atom. The lowest BCUT2D eigenvalue weighted by molar-refractivity contribution is 0.604. The van der Waals surface area contributed by atoms with Gasteiger partial charge in [0, 0.05) is 28.4 Å². The maximum absolute atomic E-state index is 14.5. The number of aromatic nitrogens is 1. The van der Waals surface area contributed by atoms with E-state index in [-0.39, 0.29) is 16.6 Å². The second-order valence-corrected chi connectivity index (χ2v) is 9.64. The van der Waals surface area contributed by atoms with E-state index in [1.807, 2.05) is 12.3 Å².